The number of rotatable bonds is 5. The van der Waals surface area contributed by atoms with Gasteiger partial charge in [-0.25, -0.2) is 0 Å². The Morgan fingerprint density at radius 3 is 2.75 bits per heavy atom. The van der Waals surface area contributed by atoms with Crippen LogP contribution in [0.2, 0.25) is 0 Å². The average Bonchev–Trinajstić information content (AvgIpc) is 2.45. The van der Waals surface area contributed by atoms with Gasteiger partial charge in [0.15, 0.2) is 0 Å². The van der Waals surface area contributed by atoms with Crippen molar-refractivity contribution in [3.05, 3.63) is 30.3 Å². The van der Waals surface area contributed by atoms with Crippen molar-refractivity contribution in [2.45, 2.75) is 36.6 Å². The van der Waals surface area contributed by atoms with E-state index < -0.39 is 0 Å². The van der Waals surface area contributed by atoms with Gasteiger partial charge in [0.05, 0.1) is 5.54 Å². The maximum atomic E-state index is 12.1. The molecule has 0 radical (unpaired) electrons. The van der Waals surface area contributed by atoms with E-state index in [1.807, 2.05) is 25.1 Å². The van der Waals surface area contributed by atoms with Crippen LogP contribution >= 0.6 is 24.2 Å². The monoisotopic (exact) mass is 314 g/mol. The zero-order chi connectivity index (χ0) is 13.6. The predicted molar refractivity (Wildman–Crippen MR) is 87.7 cm³/mol. The summed E-state index contributed by atoms with van der Waals surface area (Å²) in [6, 6.07) is 10.3. The van der Waals surface area contributed by atoms with E-state index in [-0.39, 0.29) is 23.9 Å². The lowest BCUT2D eigenvalue weighted by atomic mass is 9.90. The molecule has 1 saturated heterocycles. The van der Waals surface area contributed by atoms with Crippen LogP contribution in [0.15, 0.2) is 35.2 Å². The zero-order valence-electron chi connectivity index (χ0n) is 11.9. The molecule has 1 unspecified atom stereocenters. The molecule has 3 nitrogen and oxygen atoms in total. The molecule has 1 aromatic carbocycles. The second kappa shape index (κ2) is 8.55. The van der Waals surface area contributed by atoms with Crippen LogP contribution in [0.25, 0.3) is 0 Å². The molecule has 0 aliphatic carbocycles. The van der Waals surface area contributed by atoms with E-state index in [0.717, 1.165) is 31.7 Å². The Labute approximate surface area is 131 Å². The molecule has 2 rings (SSSR count). The smallest absolute Gasteiger partial charge is 0.240 e. The molecule has 112 valence electrons. The van der Waals surface area contributed by atoms with Gasteiger partial charge in [-0.2, -0.15) is 0 Å². The highest BCUT2D eigenvalue weighted by Crippen LogP contribution is 2.19. The molecule has 1 atom stereocenters. The molecule has 20 heavy (non-hydrogen) atoms. The highest BCUT2D eigenvalue weighted by atomic mass is 35.5. The van der Waals surface area contributed by atoms with Crippen molar-refractivity contribution in [3.8, 4) is 0 Å². The number of piperidine rings is 1. The summed E-state index contributed by atoms with van der Waals surface area (Å²) in [6.07, 6.45) is 3.24. The molecule has 5 heteroatoms. The lowest BCUT2D eigenvalue weighted by molar-refractivity contribution is -0.127. The van der Waals surface area contributed by atoms with Crippen molar-refractivity contribution >= 4 is 30.1 Å². The fraction of sp³-hybridized carbons (Fsp3) is 0.533. The summed E-state index contributed by atoms with van der Waals surface area (Å²) >= 11 is 1.77. The minimum absolute atomic E-state index is 0. The summed E-state index contributed by atoms with van der Waals surface area (Å²) < 4.78 is 0. The number of nitrogens with one attached hydrogen (secondary N) is 2. The first-order chi connectivity index (χ1) is 9.21. The van der Waals surface area contributed by atoms with E-state index in [1.54, 1.807) is 11.8 Å². The maximum Gasteiger partial charge on any atom is 0.240 e. The average molecular weight is 315 g/mol. The van der Waals surface area contributed by atoms with Crippen molar-refractivity contribution in [1.29, 1.82) is 0 Å². The molecule has 1 fully saturated rings. The summed E-state index contributed by atoms with van der Waals surface area (Å²) in [5.41, 5.74) is -0.365. The number of hydrogen-bond acceptors (Lipinski definition) is 3. The fourth-order valence-corrected chi connectivity index (χ4v) is 3.08. The molecule has 0 saturated carbocycles. The van der Waals surface area contributed by atoms with Gasteiger partial charge in [0, 0.05) is 17.2 Å². The molecular formula is C15H23ClN2OS. The molecule has 1 amide bonds. The van der Waals surface area contributed by atoms with E-state index in [9.17, 15) is 4.79 Å². The molecule has 0 bridgehead atoms. The first-order valence-corrected chi connectivity index (χ1v) is 7.90. The van der Waals surface area contributed by atoms with Crippen LogP contribution < -0.4 is 10.6 Å². The SMILES string of the molecule is CC1(C(=O)NCCSc2ccccc2)CCCCN1.Cl. The Bertz CT molecular complexity index is 408. The van der Waals surface area contributed by atoms with Gasteiger partial charge in [-0.3, -0.25) is 4.79 Å². The Kier molecular flexibility index (Phi) is 7.41. The van der Waals surface area contributed by atoms with Crippen molar-refractivity contribution < 1.29 is 4.79 Å². The highest BCUT2D eigenvalue weighted by molar-refractivity contribution is 7.99. The summed E-state index contributed by atoms with van der Waals surface area (Å²) in [4.78, 5) is 13.4. The molecule has 1 heterocycles. The zero-order valence-corrected chi connectivity index (χ0v) is 13.5. The van der Waals surface area contributed by atoms with Gasteiger partial charge in [-0.1, -0.05) is 18.2 Å². The van der Waals surface area contributed by atoms with E-state index in [2.05, 4.69) is 22.8 Å². The van der Waals surface area contributed by atoms with Crippen LogP contribution in [-0.4, -0.2) is 30.3 Å². The van der Waals surface area contributed by atoms with Crippen LogP contribution in [0.4, 0.5) is 0 Å². The number of thioether (sulfide) groups is 1. The van der Waals surface area contributed by atoms with Crippen LogP contribution in [0, 0.1) is 0 Å². The normalized spacial score (nSPS) is 21.9. The number of halogens is 1. The molecular weight excluding hydrogens is 292 g/mol. The van der Waals surface area contributed by atoms with Crippen molar-refractivity contribution in [2.75, 3.05) is 18.8 Å². The Hall–Kier alpha value is -0.710. The third-order valence-corrected chi connectivity index (χ3v) is 4.53. The second-order valence-electron chi connectivity index (χ2n) is 5.13. The van der Waals surface area contributed by atoms with E-state index in [4.69, 9.17) is 0 Å². The largest absolute Gasteiger partial charge is 0.354 e. The van der Waals surface area contributed by atoms with Gasteiger partial charge >= 0.3 is 0 Å². The van der Waals surface area contributed by atoms with Gasteiger partial charge < -0.3 is 10.6 Å². The van der Waals surface area contributed by atoms with Crippen molar-refractivity contribution in [1.82, 2.24) is 10.6 Å². The Balaban J connectivity index is 0.00000200. The first-order valence-electron chi connectivity index (χ1n) is 6.92. The molecule has 0 spiro atoms. The number of carbonyl (C=O) groups excluding carboxylic acids is 1. The van der Waals surface area contributed by atoms with E-state index in [1.165, 1.54) is 11.3 Å². The van der Waals surface area contributed by atoms with Gasteiger partial charge in [-0.05, 0) is 44.9 Å². The fourth-order valence-electron chi connectivity index (χ4n) is 2.30. The third-order valence-electron chi connectivity index (χ3n) is 3.52. The topological polar surface area (TPSA) is 41.1 Å². The number of carbonyl (C=O) groups is 1. The molecule has 2 N–H and O–H groups in total. The third kappa shape index (κ3) is 5.00. The summed E-state index contributed by atoms with van der Waals surface area (Å²) in [7, 11) is 0. The summed E-state index contributed by atoms with van der Waals surface area (Å²) in [6.45, 7) is 3.67. The Morgan fingerprint density at radius 2 is 2.10 bits per heavy atom. The lowest BCUT2D eigenvalue weighted by Crippen LogP contribution is -2.57. The lowest BCUT2D eigenvalue weighted by Gasteiger charge is -2.33. The highest BCUT2D eigenvalue weighted by Gasteiger charge is 2.33. The minimum Gasteiger partial charge on any atom is -0.354 e. The summed E-state index contributed by atoms with van der Waals surface area (Å²) in [5.74, 6) is 1.05. The van der Waals surface area contributed by atoms with E-state index in [0.29, 0.717) is 0 Å². The molecule has 0 aromatic heterocycles. The van der Waals surface area contributed by atoms with Crippen molar-refractivity contribution in [2.24, 2.45) is 0 Å². The second-order valence-corrected chi connectivity index (χ2v) is 6.30. The number of hydrogen-bond donors (Lipinski definition) is 2. The van der Waals surface area contributed by atoms with Crippen LogP contribution in [-0.2, 0) is 4.79 Å². The van der Waals surface area contributed by atoms with Crippen LogP contribution in [0.1, 0.15) is 26.2 Å². The van der Waals surface area contributed by atoms with Crippen LogP contribution in [0.5, 0.6) is 0 Å². The van der Waals surface area contributed by atoms with Gasteiger partial charge in [0.25, 0.3) is 0 Å². The van der Waals surface area contributed by atoms with Gasteiger partial charge in [0.2, 0.25) is 5.91 Å². The maximum absolute atomic E-state index is 12.1. The summed E-state index contributed by atoms with van der Waals surface area (Å²) in [5, 5.41) is 6.38. The standard InChI is InChI=1S/C15H22N2OS.ClH/c1-15(9-5-6-10-17-15)14(18)16-11-12-19-13-7-3-2-4-8-13;/h2-4,7-8,17H,5-6,9-12H2,1H3,(H,16,18);1H. The molecule has 1 aromatic rings. The van der Waals surface area contributed by atoms with E-state index >= 15 is 0 Å². The van der Waals surface area contributed by atoms with Crippen LogP contribution in [0.3, 0.4) is 0 Å². The molecule has 1 aliphatic rings. The molecule has 1 aliphatic heterocycles. The minimum atomic E-state index is -0.365. The number of benzene rings is 1. The van der Waals surface area contributed by atoms with Gasteiger partial charge in [0.1, 0.15) is 0 Å². The Morgan fingerprint density at radius 1 is 1.35 bits per heavy atom. The first kappa shape index (κ1) is 17.3. The quantitative estimate of drug-likeness (QED) is 0.648. The number of amides is 1. The van der Waals surface area contributed by atoms with Crippen molar-refractivity contribution in [3.63, 3.8) is 0 Å². The van der Waals surface area contributed by atoms with Gasteiger partial charge in [-0.15, -0.1) is 24.2 Å². The predicted octanol–water partition coefficient (Wildman–Crippen LogP) is 2.85.